The fourth-order valence-electron chi connectivity index (χ4n) is 6.65. The average Bonchev–Trinajstić information content (AvgIpc) is 2.95. The quantitative estimate of drug-likeness (QED) is 0.282. The molecule has 2 aromatic rings. The molecule has 3 aliphatic rings. The molecule has 0 radical (unpaired) electrons. The Balaban J connectivity index is 1.14. The van der Waals surface area contributed by atoms with Gasteiger partial charge in [0.05, 0.1) is 19.1 Å². The second-order valence-corrected chi connectivity index (χ2v) is 11.9. The van der Waals surface area contributed by atoms with Crippen molar-refractivity contribution >= 4 is 0 Å². The van der Waals surface area contributed by atoms with Gasteiger partial charge in [-0.2, -0.15) is 17.6 Å². The maximum absolute atomic E-state index is 15.1. The summed E-state index contributed by atoms with van der Waals surface area (Å²) in [4.78, 5) is 0. The van der Waals surface area contributed by atoms with Crippen LogP contribution in [0.15, 0.2) is 30.3 Å². The van der Waals surface area contributed by atoms with Gasteiger partial charge in [-0.15, -0.1) is 0 Å². The Labute approximate surface area is 240 Å². The molecular formula is C31H35F7O4. The minimum absolute atomic E-state index is 0.136. The molecule has 0 spiro atoms. The van der Waals surface area contributed by atoms with E-state index in [0.717, 1.165) is 51.0 Å². The summed E-state index contributed by atoms with van der Waals surface area (Å²) in [5.41, 5.74) is -0.637. The minimum atomic E-state index is -3.53. The van der Waals surface area contributed by atoms with Gasteiger partial charge < -0.3 is 18.9 Å². The molecule has 1 heterocycles. The van der Waals surface area contributed by atoms with Crippen LogP contribution in [0, 0.1) is 47.0 Å². The molecule has 0 amide bonds. The topological polar surface area (TPSA) is 36.9 Å². The van der Waals surface area contributed by atoms with Crippen LogP contribution < -0.4 is 9.47 Å². The van der Waals surface area contributed by atoms with Crippen molar-refractivity contribution in [3.05, 3.63) is 47.8 Å². The molecule has 232 valence electrons. The molecule has 5 rings (SSSR count). The lowest BCUT2D eigenvalue weighted by atomic mass is 9.69. The first-order valence-electron chi connectivity index (χ1n) is 14.5. The van der Waals surface area contributed by atoms with E-state index in [-0.39, 0.29) is 30.3 Å². The number of halogens is 7. The van der Waals surface area contributed by atoms with E-state index in [9.17, 15) is 22.0 Å². The molecule has 2 aromatic carbocycles. The highest BCUT2D eigenvalue weighted by Crippen LogP contribution is 2.46. The van der Waals surface area contributed by atoms with Gasteiger partial charge >= 0.3 is 12.7 Å². The van der Waals surface area contributed by atoms with E-state index in [0.29, 0.717) is 54.7 Å². The summed E-state index contributed by atoms with van der Waals surface area (Å²) in [7, 11) is 0. The number of alkyl halides is 4. The van der Waals surface area contributed by atoms with Crippen molar-refractivity contribution in [3.63, 3.8) is 0 Å². The molecule has 1 aliphatic heterocycles. The monoisotopic (exact) mass is 604 g/mol. The summed E-state index contributed by atoms with van der Waals surface area (Å²) in [6, 6.07) is 4.08. The molecule has 4 nitrogen and oxygen atoms in total. The zero-order valence-corrected chi connectivity index (χ0v) is 23.3. The zero-order chi connectivity index (χ0) is 30.0. The first kappa shape index (κ1) is 30.9. The van der Waals surface area contributed by atoms with Gasteiger partial charge in [-0.25, -0.2) is 13.2 Å². The maximum Gasteiger partial charge on any atom is 0.400 e. The highest BCUT2D eigenvalue weighted by atomic mass is 19.3. The van der Waals surface area contributed by atoms with Crippen LogP contribution in [0.25, 0.3) is 11.1 Å². The Morgan fingerprint density at radius 2 is 1.31 bits per heavy atom. The summed E-state index contributed by atoms with van der Waals surface area (Å²) < 4.78 is 118. The van der Waals surface area contributed by atoms with E-state index in [1.807, 2.05) is 0 Å². The largest absolute Gasteiger partial charge is 0.432 e. The van der Waals surface area contributed by atoms with Gasteiger partial charge in [0.1, 0.15) is 11.6 Å². The van der Waals surface area contributed by atoms with E-state index in [2.05, 4.69) is 11.7 Å². The van der Waals surface area contributed by atoms with E-state index >= 15 is 8.78 Å². The van der Waals surface area contributed by atoms with Crippen molar-refractivity contribution in [3.8, 4) is 22.6 Å². The van der Waals surface area contributed by atoms with Crippen molar-refractivity contribution in [1.82, 2.24) is 0 Å². The molecule has 2 aliphatic carbocycles. The Hall–Kier alpha value is -2.53. The van der Waals surface area contributed by atoms with Crippen LogP contribution >= 0.6 is 0 Å². The van der Waals surface area contributed by atoms with Gasteiger partial charge in [-0.05, 0) is 93.0 Å². The van der Waals surface area contributed by atoms with Crippen molar-refractivity contribution in [2.45, 2.75) is 77.3 Å². The lowest BCUT2D eigenvalue weighted by molar-refractivity contribution is -0.229. The molecule has 2 saturated carbocycles. The SMILES string of the molecule is CC1COC(C2CCC(C3CCC(C(F)(F)Oc4ccc(-c5cc(F)c(OC(F)F)c(F)c5)c(F)c4)CC3)CC2)OC1. The maximum atomic E-state index is 15.1. The van der Waals surface area contributed by atoms with E-state index in [1.54, 1.807) is 0 Å². The normalized spacial score (nSPS) is 29.0. The predicted molar refractivity (Wildman–Crippen MR) is 140 cm³/mol. The Morgan fingerprint density at radius 3 is 1.86 bits per heavy atom. The highest BCUT2D eigenvalue weighted by Gasteiger charge is 2.45. The number of ether oxygens (including phenoxy) is 4. The van der Waals surface area contributed by atoms with Crippen LogP contribution in [0.5, 0.6) is 11.5 Å². The van der Waals surface area contributed by atoms with Crippen LogP contribution in [0.1, 0.15) is 58.3 Å². The summed E-state index contributed by atoms with van der Waals surface area (Å²) >= 11 is 0. The third-order valence-electron chi connectivity index (χ3n) is 8.92. The summed E-state index contributed by atoms with van der Waals surface area (Å²) in [5.74, 6) is -5.07. The molecule has 0 unspecified atom stereocenters. The molecule has 0 bridgehead atoms. The number of hydrogen-bond donors (Lipinski definition) is 0. The highest BCUT2D eigenvalue weighted by molar-refractivity contribution is 5.66. The first-order valence-corrected chi connectivity index (χ1v) is 14.5. The predicted octanol–water partition coefficient (Wildman–Crippen LogP) is 8.97. The number of benzene rings is 2. The van der Waals surface area contributed by atoms with Crippen LogP contribution in [-0.2, 0) is 9.47 Å². The van der Waals surface area contributed by atoms with Gasteiger partial charge in [-0.1, -0.05) is 6.92 Å². The zero-order valence-electron chi connectivity index (χ0n) is 23.3. The molecule has 42 heavy (non-hydrogen) atoms. The summed E-state index contributed by atoms with van der Waals surface area (Å²) in [5, 5.41) is 0. The summed E-state index contributed by atoms with van der Waals surface area (Å²) in [6.45, 7) is 0.0822. The van der Waals surface area contributed by atoms with Crippen LogP contribution in [0.2, 0.25) is 0 Å². The third kappa shape index (κ3) is 7.15. The van der Waals surface area contributed by atoms with Gasteiger partial charge in [-0.3, -0.25) is 0 Å². The molecule has 1 saturated heterocycles. The van der Waals surface area contributed by atoms with Crippen LogP contribution in [0.4, 0.5) is 30.7 Å². The van der Waals surface area contributed by atoms with Gasteiger partial charge in [0, 0.05) is 23.5 Å². The Kier molecular flexibility index (Phi) is 9.56. The van der Waals surface area contributed by atoms with E-state index < -0.39 is 47.6 Å². The van der Waals surface area contributed by atoms with Crippen molar-refractivity contribution in [2.24, 2.45) is 29.6 Å². The lowest BCUT2D eigenvalue weighted by Gasteiger charge is -2.41. The molecular weight excluding hydrogens is 569 g/mol. The molecule has 0 aromatic heterocycles. The molecule has 11 heteroatoms. The third-order valence-corrected chi connectivity index (χ3v) is 8.92. The lowest BCUT2D eigenvalue weighted by Crippen LogP contribution is -2.40. The van der Waals surface area contributed by atoms with Crippen molar-refractivity contribution < 1.29 is 49.7 Å². The Morgan fingerprint density at radius 1 is 0.762 bits per heavy atom. The van der Waals surface area contributed by atoms with Gasteiger partial charge in [0.25, 0.3) is 0 Å². The number of hydrogen-bond acceptors (Lipinski definition) is 4. The minimum Gasteiger partial charge on any atom is -0.432 e. The van der Waals surface area contributed by atoms with Gasteiger partial charge in [0.15, 0.2) is 23.7 Å². The van der Waals surface area contributed by atoms with E-state index in [1.165, 1.54) is 0 Å². The van der Waals surface area contributed by atoms with Crippen molar-refractivity contribution in [2.75, 3.05) is 13.2 Å². The summed E-state index contributed by atoms with van der Waals surface area (Å²) in [6.07, 6.45) is 2.34. The van der Waals surface area contributed by atoms with E-state index in [4.69, 9.17) is 14.2 Å². The second kappa shape index (κ2) is 13.0. The fourth-order valence-corrected chi connectivity index (χ4v) is 6.65. The number of rotatable bonds is 8. The standard InChI is InChI=1S/C31H35F7O4/c1-17-15-39-29(40-16-17)20-4-2-18(3-5-20)19-6-8-22(9-7-19)31(37,38)42-23-10-11-24(25(32)14-23)21-12-26(33)28(27(34)13-21)41-30(35)36/h10-14,17-20,22,29-30H,2-9,15-16H2,1H3. The van der Waals surface area contributed by atoms with Crippen molar-refractivity contribution in [1.29, 1.82) is 0 Å². The van der Waals surface area contributed by atoms with Crippen LogP contribution in [-0.4, -0.2) is 32.2 Å². The molecule has 0 N–H and O–H groups in total. The Bertz CT molecular complexity index is 1180. The van der Waals surface area contributed by atoms with Gasteiger partial charge in [0.2, 0.25) is 0 Å². The smallest absolute Gasteiger partial charge is 0.400 e. The second-order valence-electron chi connectivity index (χ2n) is 11.9. The first-order chi connectivity index (χ1) is 20.0. The average molecular weight is 605 g/mol. The molecule has 3 fully saturated rings. The van der Waals surface area contributed by atoms with Crippen LogP contribution in [0.3, 0.4) is 0 Å². The molecule has 0 atom stereocenters. The fraction of sp³-hybridized carbons (Fsp3) is 0.613.